The monoisotopic (exact) mass is 127 g/mol. The maximum Gasteiger partial charge on any atom is 0.293 e. The van der Waals surface area contributed by atoms with Crippen LogP contribution in [0.25, 0.3) is 0 Å². The Morgan fingerprint density at radius 2 is 2.00 bits per heavy atom. The van der Waals surface area contributed by atoms with Crippen LogP contribution >= 0.6 is 0 Å². The van der Waals surface area contributed by atoms with Crippen molar-refractivity contribution >= 4 is 6.92 Å². The van der Waals surface area contributed by atoms with Gasteiger partial charge in [0.2, 0.25) is 0 Å². The molecular formula is C6H14BNO. The second-order valence-corrected chi connectivity index (χ2v) is 2.57. The van der Waals surface area contributed by atoms with Gasteiger partial charge >= 0.3 is 0 Å². The minimum atomic E-state index is 0.536. The fourth-order valence-electron chi connectivity index (χ4n) is 1.29. The zero-order chi connectivity index (χ0) is 6.53. The van der Waals surface area contributed by atoms with Crippen molar-refractivity contribution in [2.75, 3.05) is 13.2 Å². The van der Waals surface area contributed by atoms with Gasteiger partial charge in [0.05, 0.1) is 0 Å². The van der Waals surface area contributed by atoms with Crippen molar-refractivity contribution in [3.05, 3.63) is 0 Å². The van der Waals surface area contributed by atoms with E-state index in [0.717, 1.165) is 6.61 Å². The molecule has 0 aromatic heterocycles. The van der Waals surface area contributed by atoms with Gasteiger partial charge in [-0.3, -0.25) is 0 Å². The highest BCUT2D eigenvalue weighted by molar-refractivity contribution is 6.52. The molecule has 0 amide bonds. The molecule has 0 unspecified atom stereocenters. The van der Waals surface area contributed by atoms with E-state index < -0.39 is 0 Å². The third-order valence-corrected chi connectivity index (χ3v) is 1.77. The van der Waals surface area contributed by atoms with E-state index in [1.54, 1.807) is 0 Å². The summed E-state index contributed by atoms with van der Waals surface area (Å²) >= 11 is 0. The molecule has 1 aliphatic heterocycles. The topological polar surface area (TPSA) is 35.2 Å². The standard InChI is InChI=1S/C6H14BNO/c8-5-6-9-7-3-1-2-4-7/h1-6,8H2. The summed E-state index contributed by atoms with van der Waals surface area (Å²) in [5.41, 5.74) is 5.28. The number of nitrogens with two attached hydrogens (primary N) is 1. The van der Waals surface area contributed by atoms with Crippen LogP contribution in [0.3, 0.4) is 0 Å². The van der Waals surface area contributed by atoms with Crippen LogP contribution in [-0.2, 0) is 4.65 Å². The van der Waals surface area contributed by atoms with Gasteiger partial charge in [-0.2, -0.15) is 0 Å². The molecule has 1 heterocycles. The van der Waals surface area contributed by atoms with Gasteiger partial charge in [-0.15, -0.1) is 0 Å². The van der Waals surface area contributed by atoms with Crippen molar-refractivity contribution < 1.29 is 4.65 Å². The Balaban J connectivity index is 1.98. The highest BCUT2D eigenvalue weighted by atomic mass is 16.4. The van der Waals surface area contributed by atoms with Crippen molar-refractivity contribution in [3.63, 3.8) is 0 Å². The van der Waals surface area contributed by atoms with Crippen LogP contribution in [0.5, 0.6) is 0 Å². The van der Waals surface area contributed by atoms with Gasteiger partial charge in [0.1, 0.15) is 0 Å². The van der Waals surface area contributed by atoms with E-state index >= 15 is 0 Å². The molecule has 52 valence electrons. The average Bonchev–Trinajstić information content (AvgIpc) is 2.34. The Hall–Kier alpha value is -0.0151. The van der Waals surface area contributed by atoms with Gasteiger partial charge < -0.3 is 10.4 Å². The van der Waals surface area contributed by atoms with Crippen LogP contribution in [0, 0.1) is 0 Å². The third kappa shape index (κ3) is 2.37. The Labute approximate surface area is 56.9 Å². The molecule has 0 aromatic carbocycles. The van der Waals surface area contributed by atoms with E-state index in [0.29, 0.717) is 13.5 Å². The molecule has 1 aliphatic rings. The summed E-state index contributed by atoms with van der Waals surface area (Å²) in [6.45, 7) is 1.94. The molecule has 0 saturated carbocycles. The van der Waals surface area contributed by atoms with E-state index in [1.165, 1.54) is 25.5 Å². The smallest absolute Gasteiger partial charge is 0.293 e. The first kappa shape index (κ1) is 7.10. The average molecular weight is 127 g/mol. The molecule has 2 nitrogen and oxygen atoms in total. The fourth-order valence-corrected chi connectivity index (χ4v) is 1.29. The maximum absolute atomic E-state index is 5.43. The first-order valence-electron chi connectivity index (χ1n) is 3.75. The lowest BCUT2D eigenvalue weighted by Crippen LogP contribution is -2.18. The molecule has 0 bridgehead atoms. The summed E-state index contributed by atoms with van der Waals surface area (Å²) in [5.74, 6) is 0. The Kier molecular flexibility index (Phi) is 3.08. The first-order valence-corrected chi connectivity index (χ1v) is 3.75. The van der Waals surface area contributed by atoms with Crippen LogP contribution < -0.4 is 5.73 Å². The molecule has 1 fully saturated rings. The molecule has 1 rings (SSSR count). The van der Waals surface area contributed by atoms with E-state index in [1.807, 2.05) is 0 Å². The van der Waals surface area contributed by atoms with E-state index in [4.69, 9.17) is 10.4 Å². The fraction of sp³-hybridized carbons (Fsp3) is 1.00. The van der Waals surface area contributed by atoms with Crippen molar-refractivity contribution in [1.29, 1.82) is 0 Å². The first-order chi connectivity index (χ1) is 4.43. The SMILES string of the molecule is NCCOB1CCCC1. The van der Waals surface area contributed by atoms with Gasteiger partial charge in [-0.25, -0.2) is 0 Å². The second kappa shape index (κ2) is 3.91. The normalized spacial score (nSPS) is 19.0. The number of rotatable bonds is 3. The van der Waals surface area contributed by atoms with Crippen molar-refractivity contribution in [2.24, 2.45) is 5.73 Å². The lowest BCUT2D eigenvalue weighted by molar-refractivity contribution is 0.333. The Bertz CT molecular complexity index is 73.5. The summed E-state index contributed by atoms with van der Waals surface area (Å²) in [6, 6.07) is 0. The number of hydrogen-bond acceptors (Lipinski definition) is 2. The van der Waals surface area contributed by atoms with Crippen LogP contribution in [0.1, 0.15) is 12.8 Å². The van der Waals surface area contributed by atoms with Gasteiger partial charge in [0.15, 0.2) is 0 Å². The molecule has 9 heavy (non-hydrogen) atoms. The summed E-state index contributed by atoms with van der Waals surface area (Å²) in [4.78, 5) is 0. The Morgan fingerprint density at radius 3 is 2.56 bits per heavy atom. The maximum atomic E-state index is 5.43. The molecule has 0 radical (unpaired) electrons. The van der Waals surface area contributed by atoms with Crippen molar-refractivity contribution in [3.8, 4) is 0 Å². The van der Waals surface area contributed by atoms with Crippen LogP contribution in [0.2, 0.25) is 12.6 Å². The quantitative estimate of drug-likeness (QED) is 0.567. The summed E-state index contributed by atoms with van der Waals surface area (Å²) in [7, 11) is 0. The predicted octanol–water partition coefficient (Wildman–Crippen LogP) is 0.747. The van der Waals surface area contributed by atoms with Crippen LogP contribution in [0.15, 0.2) is 0 Å². The lowest BCUT2D eigenvalue weighted by Gasteiger charge is -2.04. The zero-order valence-corrected chi connectivity index (χ0v) is 5.81. The highest BCUT2D eigenvalue weighted by Gasteiger charge is 2.19. The van der Waals surface area contributed by atoms with Crippen molar-refractivity contribution in [1.82, 2.24) is 0 Å². The molecule has 0 atom stereocenters. The largest absolute Gasteiger partial charge is 0.435 e. The van der Waals surface area contributed by atoms with Gasteiger partial charge in [-0.05, 0) is 12.6 Å². The molecular weight excluding hydrogens is 113 g/mol. The van der Waals surface area contributed by atoms with Crippen molar-refractivity contribution in [2.45, 2.75) is 25.5 Å². The Morgan fingerprint density at radius 1 is 1.33 bits per heavy atom. The van der Waals surface area contributed by atoms with Gasteiger partial charge in [-0.1, -0.05) is 12.8 Å². The zero-order valence-electron chi connectivity index (χ0n) is 5.81. The van der Waals surface area contributed by atoms with E-state index in [-0.39, 0.29) is 0 Å². The molecule has 2 N–H and O–H groups in total. The number of hydrogen-bond donors (Lipinski definition) is 1. The van der Waals surface area contributed by atoms with E-state index in [2.05, 4.69) is 0 Å². The van der Waals surface area contributed by atoms with Gasteiger partial charge in [0, 0.05) is 13.2 Å². The summed E-state index contributed by atoms with van der Waals surface area (Å²) in [5, 5.41) is 0. The molecule has 3 heteroatoms. The predicted molar refractivity (Wildman–Crippen MR) is 39.6 cm³/mol. The van der Waals surface area contributed by atoms with E-state index in [9.17, 15) is 0 Å². The molecule has 0 aromatic rings. The highest BCUT2D eigenvalue weighted by Crippen LogP contribution is 2.19. The second-order valence-electron chi connectivity index (χ2n) is 2.57. The summed E-state index contributed by atoms with van der Waals surface area (Å²) < 4.78 is 5.43. The summed E-state index contributed by atoms with van der Waals surface area (Å²) in [6.07, 6.45) is 5.18. The molecule has 0 aliphatic carbocycles. The molecule has 1 saturated heterocycles. The van der Waals surface area contributed by atoms with Crippen LogP contribution in [0.4, 0.5) is 0 Å². The minimum absolute atomic E-state index is 0.536. The molecule has 0 spiro atoms. The van der Waals surface area contributed by atoms with Crippen LogP contribution in [-0.4, -0.2) is 20.1 Å². The third-order valence-electron chi connectivity index (χ3n) is 1.77. The van der Waals surface area contributed by atoms with Gasteiger partial charge in [0.25, 0.3) is 6.92 Å². The minimum Gasteiger partial charge on any atom is -0.435 e. The lowest BCUT2D eigenvalue weighted by atomic mass is 9.66.